The third-order valence-electron chi connectivity index (χ3n) is 2.64. The molecule has 2 N–H and O–H groups in total. The van der Waals surface area contributed by atoms with Crippen molar-refractivity contribution in [2.75, 3.05) is 13.7 Å². The average Bonchev–Trinajstić information content (AvgIpc) is 2.22. The summed E-state index contributed by atoms with van der Waals surface area (Å²) < 4.78 is 18.5. The molecule has 15 heavy (non-hydrogen) atoms. The van der Waals surface area contributed by atoms with Gasteiger partial charge in [0.15, 0.2) is 0 Å². The smallest absolute Gasteiger partial charge is 0.126 e. The Balaban J connectivity index is 2.79. The van der Waals surface area contributed by atoms with Gasteiger partial charge in [-0.1, -0.05) is 25.1 Å². The molecule has 0 heterocycles. The van der Waals surface area contributed by atoms with Crippen LogP contribution in [0.25, 0.3) is 0 Å². The fraction of sp³-hybridized carbons (Fsp3) is 0.500. The maximum absolute atomic E-state index is 13.4. The summed E-state index contributed by atoms with van der Waals surface area (Å²) in [6, 6.07) is 6.72. The minimum atomic E-state index is -0.475. The first kappa shape index (κ1) is 12.1. The number of hydrogen-bond acceptors (Lipinski definition) is 2. The minimum Gasteiger partial charge on any atom is -0.383 e. The van der Waals surface area contributed by atoms with Crippen molar-refractivity contribution in [2.45, 2.75) is 25.3 Å². The molecule has 2 nitrogen and oxygen atoms in total. The lowest BCUT2D eigenvalue weighted by Crippen LogP contribution is -2.46. The zero-order valence-electron chi connectivity index (χ0n) is 9.29. The summed E-state index contributed by atoms with van der Waals surface area (Å²) in [5.74, 6) is -0.197. The van der Waals surface area contributed by atoms with Crippen molar-refractivity contribution < 1.29 is 9.13 Å². The van der Waals surface area contributed by atoms with Crippen molar-refractivity contribution in [1.29, 1.82) is 0 Å². The number of ether oxygens (including phenoxy) is 1. The first-order valence-electron chi connectivity index (χ1n) is 5.12. The van der Waals surface area contributed by atoms with Crippen molar-refractivity contribution in [3.63, 3.8) is 0 Å². The van der Waals surface area contributed by atoms with Crippen LogP contribution in [0.1, 0.15) is 18.9 Å². The van der Waals surface area contributed by atoms with Crippen molar-refractivity contribution in [3.05, 3.63) is 35.6 Å². The fourth-order valence-corrected chi connectivity index (χ4v) is 1.59. The third kappa shape index (κ3) is 3.29. The molecule has 0 saturated carbocycles. The number of benzene rings is 1. The molecule has 0 aromatic heterocycles. The van der Waals surface area contributed by atoms with Crippen LogP contribution in [-0.4, -0.2) is 19.3 Å². The Morgan fingerprint density at radius 2 is 2.07 bits per heavy atom. The largest absolute Gasteiger partial charge is 0.383 e. The maximum atomic E-state index is 13.4. The van der Waals surface area contributed by atoms with Gasteiger partial charge < -0.3 is 10.5 Å². The highest BCUT2D eigenvalue weighted by atomic mass is 19.1. The highest BCUT2D eigenvalue weighted by Crippen LogP contribution is 2.17. The van der Waals surface area contributed by atoms with Gasteiger partial charge in [0.1, 0.15) is 5.82 Å². The molecule has 0 amide bonds. The van der Waals surface area contributed by atoms with Gasteiger partial charge in [0.25, 0.3) is 0 Å². The molecule has 0 aliphatic carbocycles. The summed E-state index contributed by atoms with van der Waals surface area (Å²) in [6.45, 7) is 2.43. The van der Waals surface area contributed by atoms with Gasteiger partial charge in [-0.15, -0.1) is 0 Å². The van der Waals surface area contributed by atoms with Crippen LogP contribution in [0.4, 0.5) is 4.39 Å². The Labute approximate surface area is 90.2 Å². The van der Waals surface area contributed by atoms with Gasteiger partial charge in [-0.25, -0.2) is 4.39 Å². The molecule has 3 heteroatoms. The van der Waals surface area contributed by atoms with Crippen LogP contribution in [0, 0.1) is 5.82 Å². The summed E-state index contributed by atoms with van der Waals surface area (Å²) >= 11 is 0. The second-order valence-electron chi connectivity index (χ2n) is 3.92. The van der Waals surface area contributed by atoms with Crippen LogP contribution in [0.3, 0.4) is 0 Å². The van der Waals surface area contributed by atoms with Crippen LogP contribution in [0.5, 0.6) is 0 Å². The topological polar surface area (TPSA) is 35.2 Å². The van der Waals surface area contributed by atoms with Gasteiger partial charge in [0, 0.05) is 12.6 Å². The lowest BCUT2D eigenvalue weighted by atomic mass is 9.90. The normalized spacial score (nSPS) is 14.9. The van der Waals surface area contributed by atoms with Crippen LogP contribution in [0.15, 0.2) is 24.3 Å². The van der Waals surface area contributed by atoms with Crippen molar-refractivity contribution in [2.24, 2.45) is 5.73 Å². The van der Waals surface area contributed by atoms with E-state index in [0.717, 1.165) is 6.42 Å². The SMILES string of the molecule is CCC(N)(COC)Cc1ccccc1F. The molecule has 1 unspecified atom stereocenters. The van der Waals surface area contributed by atoms with Gasteiger partial charge in [0.2, 0.25) is 0 Å². The molecular formula is C12H18FNO. The van der Waals surface area contributed by atoms with Gasteiger partial charge in [-0.05, 0) is 24.5 Å². The van der Waals surface area contributed by atoms with E-state index >= 15 is 0 Å². The summed E-state index contributed by atoms with van der Waals surface area (Å²) in [7, 11) is 1.61. The lowest BCUT2D eigenvalue weighted by molar-refractivity contribution is 0.129. The number of rotatable bonds is 5. The third-order valence-corrected chi connectivity index (χ3v) is 2.64. The fourth-order valence-electron chi connectivity index (χ4n) is 1.59. The second kappa shape index (κ2) is 5.24. The van der Waals surface area contributed by atoms with Crippen LogP contribution < -0.4 is 5.73 Å². The number of nitrogens with two attached hydrogens (primary N) is 1. The predicted octanol–water partition coefficient (Wildman–Crippen LogP) is 2.12. The Morgan fingerprint density at radius 1 is 1.40 bits per heavy atom. The average molecular weight is 211 g/mol. The van der Waals surface area contributed by atoms with Gasteiger partial charge >= 0.3 is 0 Å². The van der Waals surface area contributed by atoms with E-state index in [0.29, 0.717) is 18.6 Å². The second-order valence-corrected chi connectivity index (χ2v) is 3.92. The summed E-state index contributed by atoms with van der Waals surface area (Å²) in [5, 5.41) is 0. The number of halogens is 1. The molecule has 84 valence electrons. The molecule has 1 rings (SSSR count). The molecule has 0 aliphatic rings. The molecule has 1 aromatic carbocycles. The monoisotopic (exact) mass is 211 g/mol. The highest BCUT2D eigenvalue weighted by Gasteiger charge is 2.24. The molecular weight excluding hydrogens is 193 g/mol. The quantitative estimate of drug-likeness (QED) is 0.809. The lowest BCUT2D eigenvalue weighted by Gasteiger charge is -2.27. The van der Waals surface area contributed by atoms with Crippen LogP contribution in [0.2, 0.25) is 0 Å². The van der Waals surface area contributed by atoms with Gasteiger partial charge in [0.05, 0.1) is 6.61 Å². The predicted molar refractivity (Wildman–Crippen MR) is 59.2 cm³/mol. The molecule has 1 atom stereocenters. The van der Waals surface area contributed by atoms with Crippen molar-refractivity contribution >= 4 is 0 Å². The standard InChI is InChI=1S/C12H18FNO/c1-3-12(14,9-15-2)8-10-6-4-5-7-11(10)13/h4-7H,3,8-9,14H2,1-2H3. The van der Waals surface area contributed by atoms with Crippen LogP contribution in [-0.2, 0) is 11.2 Å². The van der Waals surface area contributed by atoms with Gasteiger partial charge in [-0.2, -0.15) is 0 Å². The number of methoxy groups -OCH3 is 1. The summed E-state index contributed by atoms with van der Waals surface area (Å²) in [6.07, 6.45) is 1.26. The zero-order valence-corrected chi connectivity index (χ0v) is 9.29. The van der Waals surface area contributed by atoms with E-state index in [-0.39, 0.29) is 5.82 Å². The summed E-state index contributed by atoms with van der Waals surface area (Å²) in [4.78, 5) is 0. The molecule has 0 spiro atoms. The Hall–Kier alpha value is -0.930. The molecule has 1 aromatic rings. The number of hydrogen-bond donors (Lipinski definition) is 1. The highest BCUT2D eigenvalue weighted by molar-refractivity contribution is 5.20. The molecule has 0 bridgehead atoms. The van der Waals surface area contributed by atoms with E-state index in [1.165, 1.54) is 6.07 Å². The van der Waals surface area contributed by atoms with E-state index in [2.05, 4.69) is 0 Å². The minimum absolute atomic E-state index is 0.197. The Bertz CT molecular complexity index is 316. The first-order chi connectivity index (χ1) is 7.11. The van der Waals surface area contributed by atoms with Crippen molar-refractivity contribution in [1.82, 2.24) is 0 Å². The molecule has 0 radical (unpaired) electrons. The molecule has 0 fully saturated rings. The van der Waals surface area contributed by atoms with E-state index in [1.807, 2.05) is 13.0 Å². The first-order valence-corrected chi connectivity index (χ1v) is 5.12. The van der Waals surface area contributed by atoms with Crippen molar-refractivity contribution in [3.8, 4) is 0 Å². The summed E-state index contributed by atoms with van der Waals surface area (Å²) in [5.41, 5.74) is 6.29. The Morgan fingerprint density at radius 3 is 2.60 bits per heavy atom. The van der Waals surface area contributed by atoms with E-state index in [4.69, 9.17) is 10.5 Å². The van der Waals surface area contributed by atoms with Crippen LogP contribution >= 0.6 is 0 Å². The van der Waals surface area contributed by atoms with E-state index < -0.39 is 5.54 Å². The maximum Gasteiger partial charge on any atom is 0.126 e. The molecule has 0 saturated heterocycles. The zero-order chi connectivity index (χ0) is 11.3. The van der Waals surface area contributed by atoms with Gasteiger partial charge in [-0.3, -0.25) is 0 Å². The van der Waals surface area contributed by atoms with E-state index in [1.54, 1.807) is 19.2 Å². The Kier molecular flexibility index (Phi) is 4.24. The van der Waals surface area contributed by atoms with E-state index in [9.17, 15) is 4.39 Å². The molecule has 0 aliphatic heterocycles.